The van der Waals surface area contributed by atoms with Crippen LogP contribution in [0.2, 0.25) is 0 Å². The number of nitrogens with two attached hydrogens (primary N) is 1. The highest BCUT2D eigenvalue weighted by Gasteiger charge is 2.15. The van der Waals surface area contributed by atoms with Crippen molar-refractivity contribution in [3.63, 3.8) is 0 Å². The number of carbonyl (C=O) groups is 2. The lowest BCUT2D eigenvalue weighted by atomic mass is 10.2. The molecule has 9 heteroatoms. The summed E-state index contributed by atoms with van der Waals surface area (Å²) in [5, 5.41) is 2.58. The fraction of sp³-hybridized carbons (Fsp3) is 0.846. The minimum absolute atomic E-state index is 0.194. The van der Waals surface area contributed by atoms with Crippen LogP contribution in [0, 0.1) is 0 Å². The van der Waals surface area contributed by atoms with Crippen LogP contribution in [0.15, 0.2) is 0 Å². The third-order valence-electron chi connectivity index (χ3n) is 2.17. The number of nitrogens with zero attached hydrogens (tertiary/aromatic N) is 1. The summed E-state index contributed by atoms with van der Waals surface area (Å²) in [6.45, 7) is 8.41. The van der Waals surface area contributed by atoms with Gasteiger partial charge in [0.15, 0.2) is 0 Å². The second-order valence-electron chi connectivity index (χ2n) is 5.51. The standard InChI is InChI=1S/C13H26BrN3O5/c1-10(18)17(14)11(15)9-21-8-7-20-6-5-16-12(19)22-13(2,3)4/h11H,5-9,15H2,1-4H3,(H,16,19). The predicted molar refractivity (Wildman–Crippen MR) is 85.3 cm³/mol. The van der Waals surface area contributed by atoms with Crippen LogP contribution in [-0.2, 0) is 19.0 Å². The van der Waals surface area contributed by atoms with E-state index in [-0.39, 0.29) is 12.5 Å². The van der Waals surface area contributed by atoms with E-state index in [1.165, 1.54) is 10.8 Å². The fourth-order valence-corrected chi connectivity index (χ4v) is 1.38. The Bertz CT molecular complexity index is 349. The van der Waals surface area contributed by atoms with Gasteiger partial charge in [-0.2, -0.15) is 0 Å². The molecule has 0 aromatic rings. The minimum Gasteiger partial charge on any atom is -0.444 e. The minimum atomic E-state index is -0.550. The third kappa shape index (κ3) is 11.7. The van der Waals surface area contributed by atoms with E-state index in [2.05, 4.69) is 21.5 Å². The number of ether oxygens (including phenoxy) is 3. The first-order valence-electron chi connectivity index (χ1n) is 6.97. The molecule has 0 bridgehead atoms. The molecule has 0 fully saturated rings. The van der Waals surface area contributed by atoms with E-state index in [0.717, 1.165) is 0 Å². The molecule has 0 saturated heterocycles. The first-order valence-corrected chi connectivity index (χ1v) is 7.68. The van der Waals surface area contributed by atoms with Gasteiger partial charge in [0, 0.05) is 13.5 Å². The summed E-state index contributed by atoms with van der Waals surface area (Å²) in [4.78, 5) is 22.3. The molecule has 0 saturated carbocycles. The van der Waals surface area contributed by atoms with Gasteiger partial charge in [-0.25, -0.2) is 4.79 Å². The Kier molecular flexibility index (Phi) is 10.3. The lowest BCUT2D eigenvalue weighted by Gasteiger charge is -2.20. The van der Waals surface area contributed by atoms with Gasteiger partial charge in [-0.15, -0.1) is 0 Å². The van der Waals surface area contributed by atoms with Crippen LogP contribution in [0.5, 0.6) is 0 Å². The van der Waals surface area contributed by atoms with Crippen LogP contribution in [-0.4, -0.2) is 60.7 Å². The largest absolute Gasteiger partial charge is 0.444 e. The summed E-state index contributed by atoms with van der Waals surface area (Å²) >= 11 is 3.04. The zero-order chi connectivity index (χ0) is 17.2. The van der Waals surface area contributed by atoms with Crippen molar-refractivity contribution in [1.29, 1.82) is 0 Å². The highest BCUT2D eigenvalue weighted by atomic mass is 79.9. The van der Waals surface area contributed by atoms with Gasteiger partial charge in [-0.1, -0.05) is 0 Å². The number of nitrogens with one attached hydrogen (secondary N) is 1. The van der Waals surface area contributed by atoms with Crippen LogP contribution in [0.25, 0.3) is 0 Å². The summed E-state index contributed by atoms with van der Waals surface area (Å²) in [6, 6.07) is 0. The zero-order valence-electron chi connectivity index (χ0n) is 13.6. The second kappa shape index (κ2) is 10.8. The van der Waals surface area contributed by atoms with Crippen LogP contribution >= 0.6 is 16.1 Å². The topological polar surface area (TPSA) is 103 Å². The van der Waals surface area contributed by atoms with Crippen molar-refractivity contribution in [2.45, 2.75) is 39.5 Å². The Labute approximate surface area is 140 Å². The number of hydrogen-bond donors (Lipinski definition) is 2. The highest BCUT2D eigenvalue weighted by molar-refractivity contribution is 9.07. The number of halogens is 1. The van der Waals surface area contributed by atoms with Gasteiger partial charge in [0.25, 0.3) is 0 Å². The fourth-order valence-electron chi connectivity index (χ4n) is 1.26. The second-order valence-corrected chi connectivity index (χ2v) is 6.28. The van der Waals surface area contributed by atoms with Gasteiger partial charge in [0.1, 0.15) is 11.8 Å². The maximum atomic E-state index is 11.3. The molecule has 130 valence electrons. The maximum absolute atomic E-state index is 11.3. The molecule has 0 aromatic carbocycles. The van der Waals surface area contributed by atoms with E-state index >= 15 is 0 Å². The molecule has 0 rings (SSSR count). The lowest BCUT2D eigenvalue weighted by molar-refractivity contribution is -0.125. The molecular weight excluding hydrogens is 358 g/mol. The molecule has 0 spiro atoms. The molecule has 22 heavy (non-hydrogen) atoms. The summed E-state index contributed by atoms with van der Waals surface area (Å²) in [5.41, 5.74) is 5.18. The van der Waals surface area contributed by atoms with Crippen LogP contribution < -0.4 is 11.1 Å². The van der Waals surface area contributed by atoms with Crippen LogP contribution in [0.3, 0.4) is 0 Å². The van der Waals surface area contributed by atoms with Gasteiger partial charge in [0.05, 0.1) is 42.6 Å². The molecule has 1 atom stereocenters. The molecule has 8 nitrogen and oxygen atoms in total. The molecular formula is C13H26BrN3O5. The maximum Gasteiger partial charge on any atom is 0.407 e. The van der Waals surface area contributed by atoms with Crippen molar-refractivity contribution in [2.75, 3.05) is 33.0 Å². The lowest BCUT2D eigenvalue weighted by Crippen LogP contribution is -2.41. The van der Waals surface area contributed by atoms with Crippen molar-refractivity contribution in [2.24, 2.45) is 5.73 Å². The number of hydrogen-bond acceptors (Lipinski definition) is 6. The van der Waals surface area contributed by atoms with E-state index in [4.69, 9.17) is 19.9 Å². The molecule has 0 aliphatic carbocycles. The Balaban J connectivity index is 3.48. The molecule has 0 aliphatic rings. The van der Waals surface area contributed by atoms with E-state index in [1.807, 2.05) is 0 Å². The van der Waals surface area contributed by atoms with Gasteiger partial charge < -0.3 is 25.3 Å². The Morgan fingerprint density at radius 1 is 1.23 bits per heavy atom. The monoisotopic (exact) mass is 383 g/mol. The summed E-state index contributed by atoms with van der Waals surface area (Å²) in [7, 11) is 0. The summed E-state index contributed by atoms with van der Waals surface area (Å²) in [5.74, 6) is -0.194. The predicted octanol–water partition coefficient (Wildman–Crippen LogP) is 0.987. The Hall–Kier alpha value is -0.900. The molecule has 2 amide bonds. The molecule has 1 unspecified atom stereocenters. The van der Waals surface area contributed by atoms with Gasteiger partial charge in [-0.3, -0.25) is 8.72 Å². The first kappa shape index (κ1) is 21.1. The van der Waals surface area contributed by atoms with E-state index in [0.29, 0.717) is 26.4 Å². The van der Waals surface area contributed by atoms with Crippen molar-refractivity contribution in [1.82, 2.24) is 9.24 Å². The van der Waals surface area contributed by atoms with E-state index in [1.54, 1.807) is 20.8 Å². The smallest absolute Gasteiger partial charge is 0.407 e. The first-order chi connectivity index (χ1) is 10.1. The van der Waals surface area contributed by atoms with Gasteiger partial charge >= 0.3 is 6.09 Å². The molecule has 0 radical (unpaired) electrons. The molecule has 0 aromatic heterocycles. The van der Waals surface area contributed by atoms with Crippen molar-refractivity contribution in [3.8, 4) is 0 Å². The third-order valence-corrected chi connectivity index (χ3v) is 3.19. The van der Waals surface area contributed by atoms with Crippen molar-refractivity contribution in [3.05, 3.63) is 0 Å². The normalized spacial score (nSPS) is 12.6. The van der Waals surface area contributed by atoms with Crippen molar-refractivity contribution >= 4 is 28.1 Å². The quantitative estimate of drug-likeness (QED) is 0.349. The number of carbonyl (C=O) groups excluding carboxylic acids is 2. The Morgan fingerprint density at radius 3 is 2.36 bits per heavy atom. The number of rotatable bonds is 9. The van der Waals surface area contributed by atoms with Gasteiger partial charge in [-0.05, 0) is 20.8 Å². The number of alkyl carbamates (subject to hydrolysis) is 1. The summed E-state index contributed by atoms with van der Waals surface area (Å²) < 4.78 is 16.8. The van der Waals surface area contributed by atoms with Crippen LogP contribution in [0.4, 0.5) is 4.79 Å². The molecule has 0 aliphatic heterocycles. The Morgan fingerprint density at radius 2 is 1.82 bits per heavy atom. The van der Waals surface area contributed by atoms with E-state index in [9.17, 15) is 9.59 Å². The molecule has 3 N–H and O–H groups in total. The molecule has 0 heterocycles. The summed E-state index contributed by atoms with van der Waals surface area (Å²) in [6.07, 6.45) is -1.02. The number of amides is 2. The average Bonchev–Trinajstić information content (AvgIpc) is 2.38. The van der Waals surface area contributed by atoms with Crippen molar-refractivity contribution < 1.29 is 23.8 Å². The van der Waals surface area contributed by atoms with Gasteiger partial charge in [0.2, 0.25) is 5.91 Å². The average molecular weight is 384 g/mol. The zero-order valence-corrected chi connectivity index (χ0v) is 15.1. The highest BCUT2D eigenvalue weighted by Crippen LogP contribution is 2.06. The van der Waals surface area contributed by atoms with E-state index < -0.39 is 17.9 Å². The SMILES string of the molecule is CC(=O)N(Br)C(N)COCCOCCNC(=O)OC(C)(C)C. The van der Waals surface area contributed by atoms with Crippen LogP contribution in [0.1, 0.15) is 27.7 Å².